The van der Waals surface area contributed by atoms with Crippen LogP contribution in [0.5, 0.6) is 0 Å². The van der Waals surface area contributed by atoms with Crippen LogP contribution in [0.2, 0.25) is 0 Å². The topological polar surface area (TPSA) is 96.7 Å². The van der Waals surface area contributed by atoms with Crippen LogP contribution >= 0.6 is 0 Å². The first-order valence-electron chi connectivity index (χ1n) is 6.40. The van der Waals surface area contributed by atoms with Gasteiger partial charge in [0.25, 0.3) is 0 Å². The smallest absolute Gasteiger partial charge is 0.241 e. The number of nitrogens with one attached hydrogen (secondary N) is 2. The molecule has 1 aromatic carbocycles. The molecule has 0 bridgehead atoms. The first-order chi connectivity index (χ1) is 9.38. The number of nitrogens with two attached hydrogens (primary N) is 1. The zero-order valence-corrected chi connectivity index (χ0v) is 11.8. The number of amides is 1. The molecule has 0 saturated heterocycles. The highest BCUT2D eigenvalue weighted by atomic mass is 16.2. The van der Waals surface area contributed by atoms with Crippen molar-refractivity contribution in [2.75, 3.05) is 5.32 Å². The van der Waals surface area contributed by atoms with E-state index in [0.717, 1.165) is 5.56 Å². The van der Waals surface area contributed by atoms with E-state index in [1.807, 2.05) is 45.0 Å². The maximum absolute atomic E-state index is 12.0. The van der Waals surface area contributed by atoms with Crippen molar-refractivity contribution in [3.63, 3.8) is 0 Å². The predicted molar refractivity (Wildman–Crippen MR) is 77.9 cm³/mol. The second-order valence-corrected chi connectivity index (χ2v) is 5.74. The average molecular weight is 273 g/mol. The minimum absolute atomic E-state index is 0.190. The van der Waals surface area contributed by atoms with Gasteiger partial charge in [-0.25, -0.2) is 4.98 Å². The molecule has 1 heterocycles. The van der Waals surface area contributed by atoms with E-state index >= 15 is 0 Å². The van der Waals surface area contributed by atoms with Crippen LogP contribution in [0.15, 0.2) is 30.6 Å². The summed E-state index contributed by atoms with van der Waals surface area (Å²) in [6.07, 6.45) is 1.45. The molecule has 1 atom stereocenters. The Morgan fingerprint density at radius 2 is 1.95 bits per heavy atom. The minimum Gasteiger partial charge on any atom is -0.325 e. The summed E-state index contributed by atoms with van der Waals surface area (Å²) < 4.78 is 0. The summed E-state index contributed by atoms with van der Waals surface area (Å²) in [5, 5.41) is 9.39. The van der Waals surface area contributed by atoms with Crippen molar-refractivity contribution in [1.29, 1.82) is 0 Å². The van der Waals surface area contributed by atoms with Gasteiger partial charge in [0.1, 0.15) is 6.33 Å². The lowest BCUT2D eigenvalue weighted by molar-refractivity contribution is -0.119. The fourth-order valence-corrected chi connectivity index (χ4v) is 1.67. The Hall–Kier alpha value is -2.21. The third kappa shape index (κ3) is 3.21. The lowest BCUT2D eigenvalue weighted by Gasteiger charge is -2.25. The predicted octanol–water partition coefficient (Wildman–Crippen LogP) is 1.78. The van der Waals surface area contributed by atoms with Gasteiger partial charge in [-0.05, 0) is 29.7 Å². The van der Waals surface area contributed by atoms with Gasteiger partial charge in [-0.1, -0.05) is 20.8 Å². The van der Waals surface area contributed by atoms with Gasteiger partial charge >= 0.3 is 0 Å². The number of hydrogen-bond donors (Lipinski definition) is 3. The molecule has 2 aromatic rings. The summed E-state index contributed by atoms with van der Waals surface area (Å²) >= 11 is 0. The maximum Gasteiger partial charge on any atom is 0.241 e. The number of nitrogens with zero attached hydrogens (tertiary/aromatic N) is 2. The van der Waals surface area contributed by atoms with Gasteiger partial charge < -0.3 is 11.1 Å². The molecule has 0 aliphatic carbocycles. The van der Waals surface area contributed by atoms with E-state index in [9.17, 15) is 4.79 Å². The number of carbonyl (C=O) groups excluding carboxylic acids is 1. The second kappa shape index (κ2) is 5.42. The van der Waals surface area contributed by atoms with Crippen LogP contribution in [-0.2, 0) is 4.79 Å². The largest absolute Gasteiger partial charge is 0.325 e. The summed E-state index contributed by atoms with van der Waals surface area (Å²) in [5.74, 6) is 0.499. The highest BCUT2D eigenvalue weighted by Gasteiger charge is 2.27. The number of anilines is 1. The monoisotopic (exact) mass is 273 g/mol. The van der Waals surface area contributed by atoms with Crippen LogP contribution in [0.25, 0.3) is 11.4 Å². The van der Waals surface area contributed by atoms with Gasteiger partial charge in [0.05, 0.1) is 6.04 Å². The Labute approximate surface area is 117 Å². The van der Waals surface area contributed by atoms with Crippen molar-refractivity contribution in [3.05, 3.63) is 30.6 Å². The fraction of sp³-hybridized carbons (Fsp3) is 0.357. The maximum atomic E-state index is 12.0. The number of benzene rings is 1. The molecule has 0 spiro atoms. The van der Waals surface area contributed by atoms with Crippen molar-refractivity contribution in [3.8, 4) is 11.4 Å². The van der Waals surface area contributed by atoms with E-state index in [4.69, 9.17) is 5.73 Å². The molecule has 0 aliphatic rings. The third-order valence-electron chi connectivity index (χ3n) is 3.06. The van der Waals surface area contributed by atoms with Gasteiger partial charge in [0.2, 0.25) is 5.91 Å². The van der Waals surface area contributed by atoms with Crippen LogP contribution in [0.4, 0.5) is 5.69 Å². The van der Waals surface area contributed by atoms with Gasteiger partial charge in [-0.3, -0.25) is 9.89 Å². The molecule has 0 radical (unpaired) electrons. The molecule has 0 saturated carbocycles. The molecule has 1 amide bonds. The lowest BCUT2D eigenvalue weighted by Crippen LogP contribution is -2.45. The minimum atomic E-state index is -0.559. The summed E-state index contributed by atoms with van der Waals surface area (Å²) in [7, 11) is 0. The molecule has 6 nitrogen and oxygen atoms in total. The quantitative estimate of drug-likeness (QED) is 0.794. The van der Waals surface area contributed by atoms with Crippen molar-refractivity contribution < 1.29 is 4.79 Å². The van der Waals surface area contributed by atoms with Crippen LogP contribution in [0.1, 0.15) is 20.8 Å². The Bertz CT molecular complexity index is 569. The molecule has 1 aromatic heterocycles. The SMILES string of the molecule is CC(C)(C)[C@H](N)C(=O)Nc1ccc(-c2ncn[nH]2)cc1. The van der Waals surface area contributed by atoms with Crippen LogP contribution < -0.4 is 11.1 Å². The van der Waals surface area contributed by atoms with Crippen molar-refractivity contribution in [1.82, 2.24) is 15.2 Å². The Kier molecular flexibility index (Phi) is 3.85. The second-order valence-electron chi connectivity index (χ2n) is 5.74. The van der Waals surface area contributed by atoms with Crippen molar-refractivity contribution in [2.24, 2.45) is 11.1 Å². The Morgan fingerprint density at radius 3 is 2.45 bits per heavy atom. The highest BCUT2D eigenvalue weighted by Crippen LogP contribution is 2.20. The zero-order valence-electron chi connectivity index (χ0n) is 11.8. The summed E-state index contributed by atoms with van der Waals surface area (Å²) in [6.45, 7) is 5.80. The fourth-order valence-electron chi connectivity index (χ4n) is 1.67. The molecule has 0 aliphatic heterocycles. The standard InChI is InChI=1S/C14H19N5O/c1-14(2,3)11(15)13(20)18-10-6-4-9(5-7-10)12-16-8-17-19-12/h4-8,11H,15H2,1-3H3,(H,18,20)(H,16,17,19)/t11-/m1/s1. The molecule has 20 heavy (non-hydrogen) atoms. The number of H-pyrrole nitrogens is 1. The van der Waals surface area contributed by atoms with Gasteiger partial charge in [0, 0.05) is 11.3 Å². The van der Waals surface area contributed by atoms with E-state index in [2.05, 4.69) is 20.5 Å². The van der Waals surface area contributed by atoms with E-state index in [0.29, 0.717) is 11.5 Å². The molecule has 0 unspecified atom stereocenters. The zero-order chi connectivity index (χ0) is 14.8. The summed E-state index contributed by atoms with van der Waals surface area (Å²) in [6, 6.07) is 6.78. The number of rotatable bonds is 3. The van der Waals surface area contributed by atoms with Crippen molar-refractivity contribution in [2.45, 2.75) is 26.8 Å². The Balaban J connectivity index is 2.06. The van der Waals surface area contributed by atoms with E-state index in [-0.39, 0.29) is 11.3 Å². The molecule has 2 rings (SSSR count). The van der Waals surface area contributed by atoms with Crippen molar-refractivity contribution >= 4 is 11.6 Å². The van der Waals surface area contributed by atoms with Gasteiger partial charge in [-0.15, -0.1) is 0 Å². The van der Waals surface area contributed by atoms with E-state index in [1.54, 1.807) is 0 Å². The lowest BCUT2D eigenvalue weighted by atomic mass is 9.87. The number of hydrogen-bond acceptors (Lipinski definition) is 4. The number of carbonyl (C=O) groups is 1. The number of aromatic amines is 1. The highest BCUT2D eigenvalue weighted by molar-refractivity contribution is 5.95. The molecular formula is C14H19N5O. The summed E-state index contributed by atoms with van der Waals surface area (Å²) in [5.41, 5.74) is 7.25. The molecule has 0 fully saturated rings. The van der Waals surface area contributed by atoms with Crippen LogP contribution in [-0.4, -0.2) is 27.1 Å². The first-order valence-corrected chi connectivity index (χ1v) is 6.40. The third-order valence-corrected chi connectivity index (χ3v) is 3.06. The van der Waals surface area contributed by atoms with Crippen LogP contribution in [0, 0.1) is 5.41 Å². The Morgan fingerprint density at radius 1 is 1.30 bits per heavy atom. The molecule has 106 valence electrons. The van der Waals surface area contributed by atoms with E-state index < -0.39 is 6.04 Å². The number of aromatic nitrogens is 3. The van der Waals surface area contributed by atoms with E-state index in [1.165, 1.54) is 6.33 Å². The summed E-state index contributed by atoms with van der Waals surface area (Å²) in [4.78, 5) is 16.1. The first kappa shape index (κ1) is 14.2. The van der Waals surface area contributed by atoms with Gasteiger partial charge in [0.15, 0.2) is 5.82 Å². The molecule has 4 N–H and O–H groups in total. The molecular weight excluding hydrogens is 254 g/mol. The van der Waals surface area contributed by atoms with Gasteiger partial charge in [-0.2, -0.15) is 5.10 Å². The van der Waals surface area contributed by atoms with Crippen LogP contribution in [0.3, 0.4) is 0 Å². The molecule has 6 heteroatoms. The normalized spacial score (nSPS) is 13.0. The average Bonchev–Trinajstić information content (AvgIpc) is 2.91.